The Morgan fingerprint density at radius 1 is 0.969 bits per heavy atom. The molecule has 0 aliphatic heterocycles. The quantitative estimate of drug-likeness (QED) is 0.410. The van der Waals surface area contributed by atoms with Gasteiger partial charge in [0.15, 0.2) is 0 Å². The van der Waals surface area contributed by atoms with E-state index in [1.54, 1.807) is 0 Å². The molecule has 0 bridgehead atoms. The number of aromatic nitrogens is 1. The van der Waals surface area contributed by atoms with Crippen LogP contribution in [0.4, 0.5) is 0 Å². The second-order valence-corrected chi connectivity index (χ2v) is 10.6. The Morgan fingerprint density at radius 3 is 2.06 bits per heavy atom. The van der Waals surface area contributed by atoms with Crippen LogP contribution in [0.25, 0.3) is 22.0 Å². The van der Waals surface area contributed by atoms with Gasteiger partial charge in [0, 0.05) is 23.6 Å². The van der Waals surface area contributed by atoms with Crippen LogP contribution in [0.3, 0.4) is 0 Å². The molecular formula is C26H36N2O3S. The molecule has 174 valence electrons. The van der Waals surface area contributed by atoms with Crippen LogP contribution in [0.2, 0.25) is 0 Å². The van der Waals surface area contributed by atoms with Crippen molar-refractivity contribution in [2.45, 2.75) is 58.8 Å². The van der Waals surface area contributed by atoms with Crippen molar-refractivity contribution in [3.05, 3.63) is 59.8 Å². The summed E-state index contributed by atoms with van der Waals surface area (Å²) in [6, 6.07) is 14.2. The van der Waals surface area contributed by atoms with Gasteiger partial charge in [-0.1, -0.05) is 63.9 Å². The molecule has 1 aromatic heterocycles. The third kappa shape index (κ3) is 6.95. The van der Waals surface area contributed by atoms with Gasteiger partial charge < -0.3 is 10.7 Å². The average Bonchev–Trinajstić information content (AvgIpc) is 3.17. The Hall–Kier alpha value is -2.60. The van der Waals surface area contributed by atoms with E-state index in [1.807, 2.05) is 31.2 Å². The molecule has 0 fully saturated rings. The molecule has 0 radical (unpaired) electrons. The summed E-state index contributed by atoms with van der Waals surface area (Å²) in [5, 5.41) is 1.13. The van der Waals surface area contributed by atoms with Crippen LogP contribution < -0.4 is 5.73 Å². The highest BCUT2D eigenvalue weighted by Gasteiger charge is 2.19. The van der Waals surface area contributed by atoms with E-state index in [2.05, 4.69) is 43.2 Å². The van der Waals surface area contributed by atoms with E-state index in [4.69, 9.17) is 5.73 Å². The number of primary amides is 1. The highest BCUT2D eigenvalue weighted by molar-refractivity contribution is 7.90. The Bertz CT molecular complexity index is 1110. The van der Waals surface area contributed by atoms with E-state index >= 15 is 0 Å². The molecule has 3 rings (SSSR count). The van der Waals surface area contributed by atoms with Crippen LogP contribution in [-0.2, 0) is 9.84 Å². The first-order valence-corrected chi connectivity index (χ1v) is 13.5. The lowest BCUT2D eigenvalue weighted by molar-refractivity contribution is 0.100. The fourth-order valence-corrected chi connectivity index (χ4v) is 4.85. The summed E-state index contributed by atoms with van der Waals surface area (Å²) in [5.41, 5.74) is 10.5. The van der Waals surface area contributed by atoms with Crippen LogP contribution in [0.5, 0.6) is 0 Å². The van der Waals surface area contributed by atoms with E-state index in [0.29, 0.717) is 17.2 Å². The number of amides is 1. The molecule has 2 aromatic carbocycles. The molecule has 0 unspecified atom stereocenters. The van der Waals surface area contributed by atoms with Crippen LogP contribution in [-0.4, -0.2) is 31.3 Å². The van der Waals surface area contributed by atoms with Crippen molar-refractivity contribution >= 4 is 26.6 Å². The molecule has 0 aliphatic carbocycles. The minimum absolute atomic E-state index is 0.312. The number of carbonyl (C=O) groups excluding carboxylic acids is 1. The predicted molar refractivity (Wildman–Crippen MR) is 135 cm³/mol. The van der Waals surface area contributed by atoms with Gasteiger partial charge in [0.25, 0.3) is 5.91 Å². The number of nitrogens with two attached hydrogens (primary N) is 1. The van der Waals surface area contributed by atoms with Gasteiger partial charge in [-0.2, -0.15) is 0 Å². The van der Waals surface area contributed by atoms with E-state index in [0.717, 1.165) is 54.1 Å². The number of fused-ring (bicyclic) bond motifs is 1. The van der Waals surface area contributed by atoms with E-state index < -0.39 is 15.7 Å². The molecule has 0 atom stereocenters. The smallest absolute Gasteiger partial charge is 0.250 e. The summed E-state index contributed by atoms with van der Waals surface area (Å²) >= 11 is 0. The number of nitrogens with one attached hydrogen (secondary N) is 1. The fourth-order valence-electron chi connectivity index (χ4n) is 4.11. The van der Waals surface area contributed by atoms with Crippen LogP contribution >= 0.6 is 0 Å². The Labute approximate surface area is 192 Å². The fraction of sp³-hybridized carbons (Fsp3) is 0.423. The van der Waals surface area contributed by atoms with E-state index in [-0.39, 0.29) is 0 Å². The first kappa shape index (κ1) is 25.7. The molecule has 3 aromatic rings. The normalized spacial score (nSPS) is 11.4. The zero-order valence-corrected chi connectivity index (χ0v) is 20.5. The summed E-state index contributed by atoms with van der Waals surface area (Å²) in [6.07, 6.45) is 8.65. The van der Waals surface area contributed by atoms with Crippen molar-refractivity contribution < 1.29 is 13.2 Å². The molecule has 1 amide bonds. The molecule has 3 N–H and O–H groups in total. The van der Waals surface area contributed by atoms with Gasteiger partial charge in [0.05, 0.1) is 11.1 Å². The number of rotatable bonds is 9. The van der Waals surface area contributed by atoms with Crippen molar-refractivity contribution in [1.29, 1.82) is 0 Å². The maximum Gasteiger partial charge on any atom is 0.250 e. The predicted octanol–water partition coefficient (Wildman–Crippen LogP) is 6.06. The van der Waals surface area contributed by atoms with Crippen molar-refractivity contribution in [1.82, 2.24) is 4.98 Å². The van der Waals surface area contributed by atoms with Crippen LogP contribution in [0.1, 0.15) is 74.7 Å². The average molecular weight is 457 g/mol. The van der Waals surface area contributed by atoms with Crippen LogP contribution in [0, 0.1) is 0 Å². The number of sulfone groups is 1. The molecule has 0 aliphatic rings. The lowest BCUT2D eigenvalue weighted by atomic mass is 9.88. The van der Waals surface area contributed by atoms with Crippen molar-refractivity contribution in [2.75, 3.05) is 12.0 Å². The van der Waals surface area contributed by atoms with Gasteiger partial charge in [-0.3, -0.25) is 4.79 Å². The van der Waals surface area contributed by atoms with Crippen molar-refractivity contribution in [3.8, 4) is 11.1 Å². The maximum atomic E-state index is 12.0. The van der Waals surface area contributed by atoms with Crippen LogP contribution in [0.15, 0.2) is 48.7 Å². The number of aromatic amines is 1. The van der Waals surface area contributed by atoms with Gasteiger partial charge >= 0.3 is 0 Å². The van der Waals surface area contributed by atoms with Gasteiger partial charge in [0.2, 0.25) is 0 Å². The third-order valence-corrected chi connectivity index (χ3v) is 6.63. The monoisotopic (exact) mass is 456 g/mol. The van der Waals surface area contributed by atoms with Gasteiger partial charge in [-0.15, -0.1) is 0 Å². The standard InChI is InChI=1S/C22H26N2O.C4H10O2S/c1-3-8-16(9-4-2)20-14-24-21-18(20)12-17(13-19(21)22(23)25)15-10-6-5-7-11-15;1-3-4-7(2,5)6/h5-7,10-14,16,24H,3-4,8-9H2,1-2H3,(H2,23,25);3-4H2,1-2H3. The zero-order chi connectivity index (χ0) is 23.7. The van der Waals surface area contributed by atoms with Crippen molar-refractivity contribution in [3.63, 3.8) is 0 Å². The number of carbonyl (C=O) groups is 1. The highest BCUT2D eigenvalue weighted by atomic mass is 32.2. The Morgan fingerprint density at radius 2 is 1.59 bits per heavy atom. The van der Waals surface area contributed by atoms with E-state index in [1.165, 1.54) is 11.8 Å². The van der Waals surface area contributed by atoms with Gasteiger partial charge in [0.1, 0.15) is 9.84 Å². The molecule has 0 saturated heterocycles. The highest BCUT2D eigenvalue weighted by Crippen LogP contribution is 2.36. The topological polar surface area (TPSA) is 93.0 Å². The molecular weight excluding hydrogens is 420 g/mol. The lowest BCUT2D eigenvalue weighted by Gasteiger charge is -2.15. The summed E-state index contributed by atoms with van der Waals surface area (Å²) in [7, 11) is -2.67. The molecule has 6 heteroatoms. The first-order valence-electron chi connectivity index (χ1n) is 11.4. The minimum Gasteiger partial charge on any atom is -0.366 e. The number of hydrogen-bond acceptors (Lipinski definition) is 3. The molecule has 5 nitrogen and oxygen atoms in total. The van der Waals surface area contributed by atoms with Gasteiger partial charge in [-0.25, -0.2) is 8.42 Å². The number of H-pyrrole nitrogens is 1. The number of benzene rings is 2. The molecule has 1 heterocycles. The molecule has 0 saturated carbocycles. The molecule has 0 spiro atoms. The Balaban J connectivity index is 0.000000451. The summed E-state index contributed by atoms with van der Waals surface area (Å²) in [5.74, 6) is 0.432. The lowest BCUT2D eigenvalue weighted by Crippen LogP contribution is -2.11. The molecule has 32 heavy (non-hydrogen) atoms. The largest absolute Gasteiger partial charge is 0.366 e. The first-order chi connectivity index (χ1) is 15.2. The Kier molecular flexibility index (Phi) is 9.51. The number of hydrogen-bond donors (Lipinski definition) is 2. The second kappa shape index (κ2) is 11.9. The third-order valence-electron chi connectivity index (χ3n) is 5.48. The summed E-state index contributed by atoms with van der Waals surface area (Å²) in [4.78, 5) is 15.3. The second-order valence-electron chi connectivity index (χ2n) is 8.32. The van der Waals surface area contributed by atoms with Crippen molar-refractivity contribution in [2.24, 2.45) is 5.73 Å². The van der Waals surface area contributed by atoms with E-state index in [9.17, 15) is 13.2 Å². The SMILES string of the molecule is CCCC(CCC)c1c[nH]c2c(C(N)=O)cc(-c3ccccc3)cc12.CCCS(C)(=O)=O. The minimum atomic E-state index is -2.67. The van der Waals surface area contributed by atoms with Gasteiger partial charge in [-0.05, 0) is 54.0 Å². The summed E-state index contributed by atoms with van der Waals surface area (Å²) in [6.45, 7) is 6.30. The summed E-state index contributed by atoms with van der Waals surface area (Å²) < 4.78 is 20.5. The maximum absolute atomic E-state index is 12.0. The zero-order valence-electron chi connectivity index (χ0n) is 19.6.